The molecule has 4 nitrogen and oxygen atoms in total. The summed E-state index contributed by atoms with van der Waals surface area (Å²) in [5.74, 6) is 0.898. The fraction of sp³-hybridized carbons (Fsp3) is 0.231. The summed E-state index contributed by atoms with van der Waals surface area (Å²) < 4.78 is 0. The molecule has 0 aliphatic rings. The van der Waals surface area contributed by atoms with Gasteiger partial charge in [0.2, 0.25) is 0 Å². The Kier molecular flexibility index (Phi) is 4.30. The Morgan fingerprint density at radius 3 is 2.78 bits per heavy atom. The Balaban J connectivity index is 1.94. The Labute approximate surface area is 112 Å². The van der Waals surface area contributed by atoms with Gasteiger partial charge in [-0.15, -0.1) is 0 Å². The van der Waals surface area contributed by atoms with E-state index in [2.05, 4.69) is 27.5 Å². The Morgan fingerprint density at radius 2 is 2.17 bits per heavy atom. The molecule has 0 saturated carbocycles. The van der Waals surface area contributed by atoms with E-state index in [9.17, 15) is 0 Å². The van der Waals surface area contributed by atoms with Crippen LogP contribution in [0.2, 0.25) is 0 Å². The molecule has 0 bridgehead atoms. The van der Waals surface area contributed by atoms with Crippen LogP contribution in [0.15, 0.2) is 42.7 Å². The van der Waals surface area contributed by atoms with Gasteiger partial charge in [-0.1, -0.05) is 25.1 Å². The highest BCUT2D eigenvalue weighted by Gasteiger charge is 2.12. The first-order valence-electron chi connectivity index (χ1n) is 5.91. The van der Waals surface area contributed by atoms with Crippen LogP contribution in [-0.2, 0) is 0 Å². The van der Waals surface area contributed by atoms with E-state index in [1.165, 1.54) is 0 Å². The van der Waals surface area contributed by atoms with Gasteiger partial charge >= 0.3 is 0 Å². The van der Waals surface area contributed by atoms with E-state index >= 15 is 0 Å². The summed E-state index contributed by atoms with van der Waals surface area (Å²) in [7, 11) is 0. The van der Waals surface area contributed by atoms with E-state index < -0.39 is 0 Å². The number of thiocarbonyl (C=S) groups is 1. The number of H-pyrrole nitrogens is 1. The van der Waals surface area contributed by atoms with Gasteiger partial charge in [0.05, 0.1) is 6.04 Å². The van der Waals surface area contributed by atoms with Crippen LogP contribution in [0.4, 0.5) is 5.69 Å². The number of rotatable bonds is 4. The molecule has 1 atom stereocenters. The number of imidazole rings is 1. The molecule has 1 aromatic carbocycles. The molecular formula is C13H16N4S. The van der Waals surface area contributed by atoms with Crippen molar-refractivity contribution in [1.82, 2.24) is 15.3 Å². The molecule has 1 aromatic heterocycles. The van der Waals surface area contributed by atoms with Crippen LogP contribution in [-0.4, -0.2) is 15.1 Å². The summed E-state index contributed by atoms with van der Waals surface area (Å²) in [4.78, 5) is 7.34. The molecule has 1 heterocycles. The average molecular weight is 260 g/mol. The Hall–Kier alpha value is -1.88. The smallest absolute Gasteiger partial charge is 0.171 e. The van der Waals surface area contributed by atoms with Gasteiger partial charge in [0.1, 0.15) is 5.82 Å². The number of aromatic nitrogens is 2. The summed E-state index contributed by atoms with van der Waals surface area (Å²) in [6.07, 6.45) is 4.46. The fourth-order valence-electron chi connectivity index (χ4n) is 1.68. The first-order valence-corrected chi connectivity index (χ1v) is 6.32. The van der Waals surface area contributed by atoms with Gasteiger partial charge in [-0.3, -0.25) is 0 Å². The average Bonchev–Trinajstić information content (AvgIpc) is 2.91. The van der Waals surface area contributed by atoms with Crippen molar-refractivity contribution in [3.8, 4) is 0 Å². The Bertz CT molecular complexity index is 481. The van der Waals surface area contributed by atoms with E-state index in [1.807, 2.05) is 36.5 Å². The SMILES string of the molecule is CCC(NC(=S)Nc1ccccc1)c1ncc[nH]1. The molecule has 0 radical (unpaired) electrons. The van der Waals surface area contributed by atoms with Gasteiger partial charge in [0.15, 0.2) is 5.11 Å². The molecule has 0 fully saturated rings. The normalized spacial score (nSPS) is 11.8. The number of hydrogen-bond donors (Lipinski definition) is 3. The van der Waals surface area contributed by atoms with E-state index in [-0.39, 0.29) is 6.04 Å². The number of aromatic amines is 1. The minimum atomic E-state index is 0.101. The van der Waals surface area contributed by atoms with Crippen molar-refractivity contribution in [3.63, 3.8) is 0 Å². The molecule has 0 amide bonds. The van der Waals surface area contributed by atoms with Crippen LogP contribution in [0.5, 0.6) is 0 Å². The maximum Gasteiger partial charge on any atom is 0.171 e. The van der Waals surface area contributed by atoms with Crippen molar-refractivity contribution in [2.24, 2.45) is 0 Å². The molecule has 0 aliphatic carbocycles. The monoisotopic (exact) mass is 260 g/mol. The summed E-state index contributed by atoms with van der Waals surface area (Å²) in [5.41, 5.74) is 0.976. The standard InChI is InChI=1S/C13H16N4S/c1-2-11(12-14-8-9-15-12)17-13(18)16-10-6-4-3-5-7-10/h3-9,11H,2H2,1H3,(H,14,15)(H2,16,17,18). The quantitative estimate of drug-likeness (QED) is 0.740. The van der Waals surface area contributed by atoms with Crippen LogP contribution in [0.25, 0.3) is 0 Å². The molecule has 0 aliphatic heterocycles. The van der Waals surface area contributed by atoms with Crippen LogP contribution >= 0.6 is 12.2 Å². The molecule has 3 N–H and O–H groups in total. The highest BCUT2D eigenvalue weighted by Crippen LogP contribution is 2.12. The highest BCUT2D eigenvalue weighted by atomic mass is 32.1. The van der Waals surface area contributed by atoms with Gasteiger partial charge in [0.25, 0.3) is 0 Å². The number of hydrogen-bond acceptors (Lipinski definition) is 2. The van der Waals surface area contributed by atoms with Crippen molar-refractivity contribution in [2.75, 3.05) is 5.32 Å². The van der Waals surface area contributed by atoms with Gasteiger partial charge < -0.3 is 15.6 Å². The molecule has 5 heteroatoms. The largest absolute Gasteiger partial charge is 0.353 e. The maximum absolute atomic E-state index is 5.29. The van der Waals surface area contributed by atoms with Gasteiger partial charge in [-0.2, -0.15) is 0 Å². The first kappa shape index (κ1) is 12.6. The number of nitrogens with one attached hydrogen (secondary N) is 3. The molecule has 2 rings (SSSR count). The lowest BCUT2D eigenvalue weighted by atomic mass is 10.2. The lowest BCUT2D eigenvalue weighted by Gasteiger charge is -2.17. The number of para-hydroxylation sites is 1. The lowest BCUT2D eigenvalue weighted by molar-refractivity contribution is 0.596. The lowest BCUT2D eigenvalue weighted by Crippen LogP contribution is -2.32. The third-order valence-corrected chi connectivity index (χ3v) is 2.81. The highest BCUT2D eigenvalue weighted by molar-refractivity contribution is 7.80. The summed E-state index contributed by atoms with van der Waals surface area (Å²) in [6.45, 7) is 2.09. The van der Waals surface area contributed by atoms with Gasteiger partial charge in [-0.25, -0.2) is 4.98 Å². The van der Waals surface area contributed by atoms with Crippen molar-refractivity contribution in [2.45, 2.75) is 19.4 Å². The number of benzene rings is 1. The fourth-order valence-corrected chi connectivity index (χ4v) is 1.94. The third-order valence-electron chi connectivity index (χ3n) is 2.59. The Morgan fingerprint density at radius 1 is 1.39 bits per heavy atom. The zero-order chi connectivity index (χ0) is 12.8. The van der Waals surface area contributed by atoms with E-state index in [0.29, 0.717) is 5.11 Å². The topological polar surface area (TPSA) is 52.7 Å². The molecule has 94 valence electrons. The molecule has 0 spiro atoms. The molecule has 18 heavy (non-hydrogen) atoms. The molecule has 0 saturated heterocycles. The van der Waals surface area contributed by atoms with Crippen LogP contribution in [0, 0.1) is 0 Å². The second kappa shape index (κ2) is 6.16. The van der Waals surface area contributed by atoms with Crippen molar-refractivity contribution in [3.05, 3.63) is 48.5 Å². The minimum absolute atomic E-state index is 0.101. The van der Waals surface area contributed by atoms with Gasteiger partial charge in [-0.05, 0) is 30.8 Å². The molecule has 1 unspecified atom stereocenters. The number of nitrogens with zero attached hydrogens (tertiary/aromatic N) is 1. The maximum atomic E-state index is 5.29. The predicted molar refractivity (Wildman–Crippen MR) is 77.4 cm³/mol. The summed E-state index contributed by atoms with van der Waals surface area (Å²) in [5, 5.41) is 6.99. The first-order chi connectivity index (χ1) is 8.79. The second-order valence-electron chi connectivity index (χ2n) is 3.90. The summed E-state index contributed by atoms with van der Waals surface area (Å²) in [6, 6.07) is 9.95. The summed E-state index contributed by atoms with van der Waals surface area (Å²) >= 11 is 5.29. The second-order valence-corrected chi connectivity index (χ2v) is 4.31. The molecular weight excluding hydrogens is 244 g/mol. The minimum Gasteiger partial charge on any atom is -0.353 e. The van der Waals surface area contributed by atoms with Crippen molar-refractivity contribution < 1.29 is 0 Å². The third kappa shape index (κ3) is 3.30. The van der Waals surface area contributed by atoms with Crippen molar-refractivity contribution in [1.29, 1.82) is 0 Å². The zero-order valence-electron chi connectivity index (χ0n) is 10.2. The number of anilines is 1. The zero-order valence-corrected chi connectivity index (χ0v) is 11.0. The van der Waals surface area contributed by atoms with E-state index in [0.717, 1.165) is 17.9 Å². The van der Waals surface area contributed by atoms with Crippen LogP contribution in [0.3, 0.4) is 0 Å². The van der Waals surface area contributed by atoms with E-state index in [4.69, 9.17) is 12.2 Å². The predicted octanol–water partition coefficient (Wildman–Crippen LogP) is 2.85. The van der Waals surface area contributed by atoms with Crippen molar-refractivity contribution >= 4 is 23.0 Å². The van der Waals surface area contributed by atoms with Crippen LogP contribution in [0.1, 0.15) is 25.2 Å². The van der Waals surface area contributed by atoms with Crippen LogP contribution < -0.4 is 10.6 Å². The van der Waals surface area contributed by atoms with Gasteiger partial charge in [0, 0.05) is 18.1 Å². The van der Waals surface area contributed by atoms with E-state index in [1.54, 1.807) is 6.20 Å². The molecule has 2 aromatic rings.